The fourth-order valence-electron chi connectivity index (χ4n) is 1.42. The van der Waals surface area contributed by atoms with E-state index < -0.39 is 6.04 Å². The maximum Gasteiger partial charge on any atom is 0.327 e. The Hall–Kier alpha value is -1.39. The van der Waals surface area contributed by atoms with Crippen LogP contribution in [0.1, 0.15) is 18.5 Å². The van der Waals surface area contributed by atoms with Crippen LogP contribution in [0.2, 0.25) is 0 Å². The van der Waals surface area contributed by atoms with Gasteiger partial charge in [0.15, 0.2) is 0 Å². The van der Waals surface area contributed by atoms with Crippen LogP contribution in [0.15, 0.2) is 30.3 Å². The van der Waals surface area contributed by atoms with Gasteiger partial charge in [0.2, 0.25) is 0 Å². The van der Waals surface area contributed by atoms with Crippen LogP contribution in [-0.2, 0) is 9.53 Å². The maximum absolute atomic E-state index is 11.6. The van der Waals surface area contributed by atoms with E-state index in [4.69, 9.17) is 10.5 Å². The van der Waals surface area contributed by atoms with Crippen molar-refractivity contribution in [1.29, 1.82) is 0 Å². The first-order valence-corrected chi connectivity index (χ1v) is 5.28. The van der Waals surface area contributed by atoms with Crippen molar-refractivity contribution in [1.82, 2.24) is 5.32 Å². The van der Waals surface area contributed by atoms with Gasteiger partial charge >= 0.3 is 5.97 Å². The first-order chi connectivity index (χ1) is 7.69. The molecule has 0 saturated heterocycles. The predicted molar refractivity (Wildman–Crippen MR) is 62.9 cm³/mol. The van der Waals surface area contributed by atoms with Crippen molar-refractivity contribution in [3.05, 3.63) is 35.9 Å². The Kier molecular flexibility index (Phi) is 4.95. The molecule has 1 rings (SSSR count). The van der Waals surface area contributed by atoms with Gasteiger partial charge in [0.1, 0.15) is 6.04 Å². The molecule has 0 bridgehead atoms. The molecule has 0 saturated carbocycles. The Morgan fingerprint density at radius 1 is 1.44 bits per heavy atom. The molecule has 4 heteroatoms. The van der Waals surface area contributed by atoms with Crippen LogP contribution in [0.4, 0.5) is 0 Å². The molecule has 2 atom stereocenters. The number of nitrogens with one attached hydrogen (secondary N) is 1. The minimum absolute atomic E-state index is 0.0595. The number of benzene rings is 1. The number of hydrogen-bond donors (Lipinski definition) is 2. The Bertz CT molecular complexity index is 327. The SMILES string of the molecule is COC(=O)C(NC(C)CN)c1ccccc1. The lowest BCUT2D eigenvalue weighted by atomic mass is 10.1. The number of carbonyl (C=O) groups is 1. The summed E-state index contributed by atoms with van der Waals surface area (Å²) >= 11 is 0. The van der Waals surface area contributed by atoms with Gasteiger partial charge < -0.3 is 10.5 Å². The highest BCUT2D eigenvalue weighted by Gasteiger charge is 2.22. The zero-order chi connectivity index (χ0) is 12.0. The first kappa shape index (κ1) is 12.7. The van der Waals surface area contributed by atoms with E-state index in [-0.39, 0.29) is 12.0 Å². The number of nitrogens with two attached hydrogens (primary N) is 1. The second-order valence-corrected chi connectivity index (χ2v) is 3.67. The number of esters is 1. The zero-order valence-corrected chi connectivity index (χ0v) is 9.64. The summed E-state index contributed by atoms with van der Waals surface area (Å²) in [5.41, 5.74) is 6.41. The van der Waals surface area contributed by atoms with Crippen molar-refractivity contribution >= 4 is 5.97 Å². The summed E-state index contributed by atoms with van der Waals surface area (Å²) in [5.74, 6) is -0.300. The van der Waals surface area contributed by atoms with Gasteiger partial charge in [0.25, 0.3) is 0 Å². The highest BCUT2D eigenvalue weighted by Crippen LogP contribution is 2.14. The van der Waals surface area contributed by atoms with E-state index in [0.717, 1.165) is 5.56 Å². The third-order valence-corrected chi connectivity index (χ3v) is 2.37. The molecule has 88 valence electrons. The lowest BCUT2D eigenvalue weighted by Crippen LogP contribution is -2.40. The summed E-state index contributed by atoms with van der Waals surface area (Å²) in [6, 6.07) is 9.06. The van der Waals surface area contributed by atoms with Crippen LogP contribution in [0, 0.1) is 0 Å². The van der Waals surface area contributed by atoms with E-state index >= 15 is 0 Å². The molecule has 0 aromatic heterocycles. The quantitative estimate of drug-likeness (QED) is 0.724. The molecule has 1 aromatic carbocycles. The normalized spacial score (nSPS) is 14.2. The number of methoxy groups -OCH3 is 1. The molecule has 2 unspecified atom stereocenters. The van der Waals surface area contributed by atoms with Gasteiger partial charge in [-0.25, -0.2) is 4.79 Å². The molecule has 0 amide bonds. The van der Waals surface area contributed by atoms with E-state index in [1.807, 2.05) is 37.3 Å². The molecule has 0 spiro atoms. The fourth-order valence-corrected chi connectivity index (χ4v) is 1.42. The molecule has 4 nitrogen and oxygen atoms in total. The molecular weight excluding hydrogens is 204 g/mol. The number of ether oxygens (including phenoxy) is 1. The van der Waals surface area contributed by atoms with Crippen molar-refractivity contribution in [3.63, 3.8) is 0 Å². The van der Waals surface area contributed by atoms with Gasteiger partial charge in [-0.1, -0.05) is 30.3 Å². The predicted octanol–water partition coefficient (Wildman–Crippen LogP) is 0.838. The average molecular weight is 222 g/mol. The smallest absolute Gasteiger partial charge is 0.327 e. The molecule has 0 aliphatic heterocycles. The molecule has 1 aromatic rings. The van der Waals surface area contributed by atoms with Crippen LogP contribution in [0.3, 0.4) is 0 Å². The van der Waals surface area contributed by atoms with Gasteiger partial charge in [0.05, 0.1) is 7.11 Å². The van der Waals surface area contributed by atoms with E-state index in [2.05, 4.69) is 5.32 Å². The second kappa shape index (κ2) is 6.25. The van der Waals surface area contributed by atoms with Crippen molar-refractivity contribution in [2.24, 2.45) is 5.73 Å². The largest absolute Gasteiger partial charge is 0.468 e. The third kappa shape index (κ3) is 3.32. The Balaban J connectivity index is 2.84. The lowest BCUT2D eigenvalue weighted by molar-refractivity contribution is -0.143. The van der Waals surface area contributed by atoms with Gasteiger partial charge in [-0.3, -0.25) is 5.32 Å². The van der Waals surface area contributed by atoms with Crippen molar-refractivity contribution in [3.8, 4) is 0 Å². The van der Waals surface area contributed by atoms with Crippen LogP contribution >= 0.6 is 0 Å². The average Bonchev–Trinajstić information content (AvgIpc) is 2.35. The first-order valence-electron chi connectivity index (χ1n) is 5.28. The van der Waals surface area contributed by atoms with Crippen LogP contribution in [0.5, 0.6) is 0 Å². The summed E-state index contributed by atoms with van der Waals surface area (Å²) < 4.78 is 4.77. The Labute approximate surface area is 95.8 Å². The molecule has 0 fully saturated rings. The molecular formula is C12H18N2O2. The maximum atomic E-state index is 11.6. The lowest BCUT2D eigenvalue weighted by Gasteiger charge is -2.20. The topological polar surface area (TPSA) is 64.3 Å². The van der Waals surface area contributed by atoms with Crippen LogP contribution in [-0.4, -0.2) is 25.7 Å². The van der Waals surface area contributed by atoms with E-state index in [1.54, 1.807) is 0 Å². The summed E-state index contributed by atoms with van der Waals surface area (Å²) in [7, 11) is 1.38. The van der Waals surface area contributed by atoms with Crippen molar-refractivity contribution in [2.75, 3.05) is 13.7 Å². The van der Waals surface area contributed by atoms with Crippen molar-refractivity contribution in [2.45, 2.75) is 19.0 Å². The summed E-state index contributed by atoms with van der Waals surface area (Å²) in [5, 5.41) is 3.13. The van der Waals surface area contributed by atoms with Crippen LogP contribution < -0.4 is 11.1 Å². The summed E-state index contributed by atoms with van der Waals surface area (Å²) in [4.78, 5) is 11.6. The van der Waals surface area contributed by atoms with E-state index in [0.29, 0.717) is 6.54 Å². The number of hydrogen-bond acceptors (Lipinski definition) is 4. The summed E-state index contributed by atoms with van der Waals surface area (Å²) in [6.45, 7) is 2.40. The molecule has 0 radical (unpaired) electrons. The standard InChI is InChI=1S/C12H18N2O2/c1-9(8-13)14-11(12(15)16-2)10-6-4-3-5-7-10/h3-7,9,11,14H,8,13H2,1-2H3. The second-order valence-electron chi connectivity index (χ2n) is 3.67. The molecule has 3 N–H and O–H groups in total. The number of carbonyl (C=O) groups excluding carboxylic acids is 1. The minimum Gasteiger partial charge on any atom is -0.468 e. The zero-order valence-electron chi connectivity index (χ0n) is 9.64. The minimum atomic E-state index is -0.454. The van der Waals surface area contributed by atoms with Gasteiger partial charge in [-0.15, -0.1) is 0 Å². The fraction of sp³-hybridized carbons (Fsp3) is 0.417. The number of rotatable bonds is 5. The van der Waals surface area contributed by atoms with E-state index in [9.17, 15) is 4.79 Å². The third-order valence-electron chi connectivity index (χ3n) is 2.37. The Morgan fingerprint density at radius 2 is 2.06 bits per heavy atom. The molecule has 0 heterocycles. The monoisotopic (exact) mass is 222 g/mol. The van der Waals surface area contributed by atoms with Crippen LogP contribution in [0.25, 0.3) is 0 Å². The van der Waals surface area contributed by atoms with Gasteiger partial charge in [0, 0.05) is 12.6 Å². The van der Waals surface area contributed by atoms with Gasteiger partial charge in [-0.2, -0.15) is 0 Å². The van der Waals surface area contributed by atoms with Gasteiger partial charge in [-0.05, 0) is 12.5 Å². The molecule has 16 heavy (non-hydrogen) atoms. The van der Waals surface area contributed by atoms with E-state index in [1.165, 1.54) is 7.11 Å². The Morgan fingerprint density at radius 3 is 2.56 bits per heavy atom. The van der Waals surface area contributed by atoms with Crippen molar-refractivity contribution < 1.29 is 9.53 Å². The highest BCUT2D eigenvalue weighted by atomic mass is 16.5. The molecule has 0 aliphatic rings. The highest BCUT2D eigenvalue weighted by molar-refractivity contribution is 5.77. The molecule has 0 aliphatic carbocycles. The summed E-state index contributed by atoms with van der Waals surface area (Å²) in [6.07, 6.45) is 0.